The number of benzene rings is 2. The van der Waals surface area contributed by atoms with Gasteiger partial charge >= 0.3 is 0 Å². The van der Waals surface area contributed by atoms with Crippen LogP contribution in [0.3, 0.4) is 0 Å². The summed E-state index contributed by atoms with van der Waals surface area (Å²) in [5.41, 5.74) is 2.74. The third kappa shape index (κ3) is 3.43. The monoisotopic (exact) mass is 425 g/mol. The summed E-state index contributed by atoms with van der Waals surface area (Å²) in [7, 11) is 0. The summed E-state index contributed by atoms with van der Waals surface area (Å²) >= 11 is 2.82. The van der Waals surface area contributed by atoms with Gasteiger partial charge < -0.3 is 14.8 Å². The average molecular weight is 425 g/mol. The molecule has 0 saturated heterocycles. The Morgan fingerprint density at radius 2 is 2.07 bits per heavy atom. The molecule has 3 heterocycles. The molecule has 1 atom stereocenters. The lowest BCUT2D eigenvalue weighted by Gasteiger charge is -2.21. The van der Waals surface area contributed by atoms with Crippen LogP contribution in [0.1, 0.15) is 17.3 Å². The zero-order valence-electron chi connectivity index (χ0n) is 15.2. The minimum Gasteiger partial charge on any atom is -0.454 e. The number of rotatable bonds is 3. The Labute approximate surface area is 174 Å². The molecule has 3 aromatic rings. The molecule has 0 saturated carbocycles. The predicted octanol–water partition coefficient (Wildman–Crippen LogP) is 4.22. The largest absolute Gasteiger partial charge is 0.454 e. The Morgan fingerprint density at radius 1 is 1.21 bits per heavy atom. The third-order valence-electron chi connectivity index (χ3n) is 4.57. The van der Waals surface area contributed by atoms with E-state index < -0.39 is 0 Å². The smallest absolute Gasteiger partial charge is 0.257 e. The highest BCUT2D eigenvalue weighted by Crippen LogP contribution is 2.37. The van der Waals surface area contributed by atoms with E-state index in [9.17, 15) is 9.59 Å². The summed E-state index contributed by atoms with van der Waals surface area (Å²) < 4.78 is 10.7. The number of thioether (sulfide) groups is 1. The van der Waals surface area contributed by atoms with Gasteiger partial charge in [-0.25, -0.2) is 4.98 Å². The van der Waals surface area contributed by atoms with Crippen molar-refractivity contribution >= 4 is 45.7 Å². The third-order valence-corrected chi connectivity index (χ3v) is 6.50. The molecular formula is C20H15N3O4S2. The van der Waals surface area contributed by atoms with Crippen molar-refractivity contribution in [2.75, 3.05) is 17.4 Å². The van der Waals surface area contributed by atoms with Crippen molar-refractivity contribution < 1.29 is 19.1 Å². The van der Waals surface area contributed by atoms with Crippen molar-refractivity contribution in [1.29, 1.82) is 0 Å². The van der Waals surface area contributed by atoms with Gasteiger partial charge in [0.1, 0.15) is 0 Å². The molecule has 5 rings (SSSR count). The van der Waals surface area contributed by atoms with Gasteiger partial charge in [0.25, 0.3) is 5.91 Å². The number of amides is 2. The number of carbonyl (C=O) groups is 2. The molecule has 0 radical (unpaired) electrons. The molecule has 2 amide bonds. The summed E-state index contributed by atoms with van der Waals surface area (Å²) in [5.74, 6) is 1.06. The number of carbonyl (C=O) groups excluding carboxylic acids is 2. The second-order valence-corrected chi connectivity index (χ2v) is 8.76. The Hall–Kier alpha value is -3.04. The van der Waals surface area contributed by atoms with Crippen LogP contribution in [0, 0.1) is 0 Å². The van der Waals surface area contributed by atoms with E-state index in [0.29, 0.717) is 27.9 Å². The lowest BCUT2D eigenvalue weighted by atomic mass is 10.1. The molecule has 2 N–H and O–H groups in total. The first-order chi connectivity index (χ1) is 14.1. The quantitative estimate of drug-likeness (QED) is 0.653. The van der Waals surface area contributed by atoms with Gasteiger partial charge in [-0.3, -0.25) is 14.9 Å². The van der Waals surface area contributed by atoms with Crippen LogP contribution in [0.2, 0.25) is 0 Å². The highest BCUT2D eigenvalue weighted by molar-refractivity contribution is 8.00. The number of nitrogens with one attached hydrogen (secondary N) is 2. The number of thiazole rings is 1. The van der Waals surface area contributed by atoms with Crippen molar-refractivity contribution in [3.63, 3.8) is 0 Å². The molecule has 0 spiro atoms. The minimum absolute atomic E-state index is 0.0617. The standard InChI is InChI=1S/C20H15N3O4S2/c1-10-18(24)21-13-6-12(3-5-17(13)29-10)19(25)23-20-22-14(8-28-20)11-2-4-15-16(7-11)27-9-26-15/h2-8,10H,9H2,1H3,(H,21,24)(H,22,23,25)/t10-/m1/s1. The highest BCUT2D eigenvalue weighted by atomic mass is 32.2. The lowest BCUT2D eigenvalue weighted by molar-refractivity contribution is -0.115. The Kier molecular flexibility index (Phi) is 4.40. The minimum atomic E-state index is -0.280. The molecule has 0 unspecified atom stereocenters. The molecule has 0 fully saturated rings. The molecule has 2 aliphatic heterocycles. The van der Waals surface area contributed by atoms with Crippen molar-refractivity contribution in [3.05, 3.63) is 47.3 Å². The van der Waals surface area contributed by atoms with Crippen molar-refractivity contribution in [2.45, 2.75) is 17.1 Å². The number of hydrogen-bond acceptors (Lipinski definition) is 7. The number of hydrogen-bond donors (Lipinski definition) is 2. The summed E-state index contributed by atoms with van der Waals surface area (Å²) in [4.78, 5) is 30.0. The predicted molar refractivity (Wildman–Crippen MR) is 112 cm³/mol. The van der Waals surface area contributed by atoms with Gasteiger partial charge in [0.2, 0.25) is 12.7 Å². The molecule has 146 valence electrons. The molecule has 1 aromatic heterocycles. The summed E-state index contributed by atoms with van der Waals surface area (Å²) in [5, 5.41) is 7.88. The number of nitrogens with zero attached hydrogens (tertiary/aromatic N) is 1. The van der Waals surface area contributed by atoms with E-state index in [0.717, 1.165) is 16.2 Å². The molecular weight excluding hydrogens is 410 g/mol. The molecule has 0 aliphatic carbocycles. The molecule has 29 heavy (non-hydrogen) atoms. The molecule has 2 aromatic carbocycles. The lowest BCUT2D eigenvalue weighted by Crippen LogP contribution is -2.26. The Morgan fingerprint density at radius 3 is 2.97 bits per heavy atom. The molecule has 7 nitrogen and oxygen atoms in total. The number of ether oxygens (including phenoxy) is 2. The zero-order chi connectivity index (χ0) is 20.0. The fraction of sp³-hybridized carbons (Fsp3) is 0.150. The fourth-order valence-corrected chi connectivity index (χ4v) is 4.68. The van der Waals surface area contributed by atoms with Gasteiger partial charge in [0.15, 0.2) is 16.6 Å². The van der Waals surface area contributed by atoms with E-state index in [1.54, 1.807) is 12.1 Å². The average Bonchev–Trinajstić information content (AvgIpc) is 3.37. The van der Waals surface area contributed by atoms with E-state index >= 15 is 0 Å². The van der Waals surface area contributed by atoms with Gasteiger partial charge in [0.05, 0.1) is 16.6 Å². The second-order valence-electron chi connectivity index (χ2n) is 6.52. The normalized spacial score (nSPS) is 16.9. The second kappa shape index (κ2) is 7.09. The molecule has 2 aliphatic rings. The van der Waals surface area contributed by atoms with E-state index in [1.807, 2.05) is 36.6 Å². The highest BCUT2D eigenvalue weighted by Gasteiger charge is 2.24. The summed E-state index contributed by atoms with van der Waals surface area (Å²) in [6, 6.07) is 10.9. The maximum absolute atomic E-state index is 12.6. The van der Waals surface area contributed by atoms with Crippen LogP contribution in [0.25, 0.3) is 11.3 Å². The van der Waals surface area contributed by atoms with Crippen LogP contribution in [0.4, 0.5) is 10.8 Å². The molecule has 0 bridgehead atoms. The van der Waals surface area contributed by atoms with Crippen LogP contribution < -0.4 is 20.1 Å². The van der Waals surface area contributed by atoms with E-state index in [2.05, 4.69) is 15.6 Å². The summed E-state index contributed by atoms with van der Waals surface area (Å²) in [6.45, 7) is 2.07. The van der Waals surface area contributed by atoms with Crippen molar-refractivity contribution in [1.82, 2.24) is 4.98 Å². The maximum atomic E-state index is 12.6. The molecule has 9 heteroatoms. The maximum Gasteiger partial charge on any atom is 0.257 e. The first-order valence-electron chi connectivity index (χ1n) is 8.85. The number of fused-ring (bicyclic) bond motifs is 2. The summed E-state index contributed by atoms with van der Waals surface area (Å²) in [6.07, 6.45) is 0. The SMILES string of the molecule is C[C@H]1Sc2ccc(C(=O)Nc3nc(-c4ccc5c(c4)OCO5)cs3)cc2NC1=O. The van der Waals surface area contributed by atoms with Crippen LogP contribution in [0.5, 0.6) is 11.5 Å². The Bertz CT molecular complexity index is 1140. The Balaban J connectivity index is 1.33. The van der Waals surface area contributed by atoms with Crippen LogP contribution in [-0.2, 0) is 4.79 Å². The van der Waals surface area contributed by atoms with Gasteiger partial charge in [-0.2, -0.15) is 0 Å². The van der Waals surface area contributed by atoms with Crippen LogP contribution in [-0.4, -0.2) is 28.8 Å². The van der Waals surface area contributed by atoms with Gasteiger partial charge in [-0.15, -0.1) is 23.1 Å². The van der Waals surface area contributed by atoms with Gasteiger partial charge in [-0.1, -0.05) is 0 Å². The first-order valence-corrected chi connectivity index (χ1v) is 10.6. The first kappa shape index (κ1) is 18.0. The van der Waals surface area contributed by atoms with Crippen molar-refractivity contribution in [3.8, 4) is 22.8 Å². The number of anilines is 2. The van der Waals surface area contributed by atoms with E-state index in [1.165, 1.54) is 23.1 Å². The van der Waals surface area contributed by atoms with Crippen LogP contribution in [0.15, 0.2) is 46.7 Å². The van der Waals surface area contributed by atoms with Gasteiger partial charge in [0, 0.05) is 21.4 Å². The fourth-order valence-electron chi connectivity index (χ4n) is 3.04. The van der Waals surface area contributed by atoms with Crippen molar-refractivity contribution in [2.24, 2.45) is 0 Å². The number of aromatic nitrogens is 1. The van der Waals surface area contributed by atoms with E-state index in [-0.39, 0.29) is 23.9 Å². The zero-order valence-corrected chi connectivity index (χ0v) is 16.9. The van der Waals surface area contributed by atoms with E-state index in [4.69, 9.17) is 9.47 Å². The topological polar surface area (TPSA) is 89.6 Å². The van der Waals surface area contributed by atoms with Crippen LogP contribution >= 0.6 is 23.1 Å². The van der Waals surface area contributed by atoms with Gasteiger partial charge in [-0.05, 0) is 43.3 Å².